The summed E-state index contributed by atoms with van der Waals surface area (Å²) >= 11 is 6.36. The zero-order chi connectivity index (χ0) is 26.2. The van der Waals surface area contributed by atoms with E-state index in [1.54, 1.807) is 31.5 Å². The Morgan fingerprint density at radius 3 is 2.68 bits per heavy atom. The number of hydrogen-bond acceptors (Lipinski definition) is 8. The van der Waals surface area contributed by atoms with Gasteiger partial charge in [0.1, 0.15) is 17.0 Å². The molecule has 5 rings (SSSR count). The summed E-state index contributed by atoms with van der Waals surface area (Å²) in [5.41, 5.74) is 0.690. The summed E-state index contributed by atoms with van der Waals surface area (Å²) in [5.74, 6) is 0.0376. The van der Waals surface area contributed by atoms with E-state index < -0.39 is 23.7 Å². The van der Waals surface area contributed by atoms with E-state index in [-0.39, 0.29) is 33.6 Å². The van der Waals surface area contributed by atoms with Crippen molar-refractivity contribution in [2.75, 3.05) is 5.32 Å². The molecule has 0 fully saturated rings. The Morgan fingerprint density at radius 1 is 1.14 bits per heavy atom. The van der Waals surface area contributed by atoms with Crippen molar-refractivity contribution in [3.05, 3.63) is 77.1 Å². The highest BCUT2D eigenvalue weighted by molar-refractivity contribution is 6.35. The maximum atomic E-state index is 13.0. The molecule has 37 heavy (non-hydrogen) atoms. The monoisotopic (exact) mass is 528 g/mol. The van der Waals surface area contributed by atoms with Crippen molar-refractivity contribution in [3.63, 3.8) is 0 Å². The van der Waals surface area contributed by atoms with Crippen molar-refractivity contribution in [1.29, 1.82) is 0 Å². The lowest BCUT2D eigenvalue weighted by Crippen LogP contribution is -2.28. The number of aromatic amines is 1. The van der Waals surface area contributed by atoms with E-state index >= 15 is 0 Å². The molecule has 0 unspecified atom stereocenters. The molecule has 1 atom stereocenters. The molecule has 0 aliphatic heterocycles. The number of rotatable bonds is 6. The van der Waals surface area contributed by atoms with Crippen LogP contribution in [-0.4, -0.2) is 36.0 Å². The summed E-state index contributed by atoms with van der Waals surface area (Å²) in [6, 6.07) is 7.49. The smallest absolute Gasteiger partial charge is 0.353 e. The number of nitrogens with one attached hydrogen (secondary N) is 3. The van der Waals surface area contributed by atoms with Crippen molar-refractivity contribution in [2.45, 2.75) is 19.1 Å². The molecule has 1 aromatic carbocycles. The summed E-state index contributed by atoms with van der Waals surface area (Å²) in [4.78, 5) is 31.9. The maximum absolute atomic E-state index is 13.0. The normalized spacial score (nSPS) is 12.5. The van der Waals surface area contributed by atoms with Crippen LogP contribution in [0.3, 0.4) is 0 Å². The molecular formula is C23H16ClF3N8O2. The van der Waals surface area contributed by atoms with Gasteiger partial charge in [-0.1, -0.05) is 16.8 Å². The fraction of sp³-hybridized carbons (Fsp3) is 0.130. The lowest BCUT2D eigenvalue weighted by atomic mass is 10.2. The zero-order valence-electron chi connectivity index (χ0n) is 18.8. The molecule has 188 valence electrons. The Labute approximate surface area is 211 Å². The van der Waals surface area contributed by atoms with Crippen LogP contribution in [0.4, 0.5) is 24.7 Å². The largest absolute Gasteiger partial charge is 0.416 e. The maximum Gasteiger partial charge on any atom is 0.416 e. The molecule has 0 spiro atoms. The molecule has 10 nitrogen and oxygen atoms in total. The second-order valence-electron chi connectivity index (χ2n) is 7.87. The number of carbonyl (C=O) groups is 1. The number of fused-ring (bicyclic) bond motifs is 1. The van der Waals surface area contributed by atoms with E-state index in [0.29, 0.717) is 16.9 Å². The summed E-state index contributed by atoms with van der Waals surface area (Å²) in [5, 5.41) is 9.69. The predicted molar refractivity (Wildman–Crippen MR) is 127 cm³/mol. The number of carbonyl (C=O) groups excluding carboxylic acids is 1. The third-order valence-electron chi connectivity index (χ3n) is 5.31. The molecule has 0 radical (unpaired) electrons. The number of benzene rings is 1. The van der Waals surface area contributed by atoms with Crippen LogP contribution in [-0.2, 0) is 6.18 Å². The summed E-state index contributed by atoms with van der Waals surface area (Å²) < 4.78 is 44.3. The average molecular weight is 529 g/mol. The highest BCUT2D eigenvalue weighted by atomic mass is 35.5. The van der Waals surface area contributed by atoms with Crippen molar-refractivity contribution in [1.82, 2.24) is 35.4 Å². The van der Waals surface area contributed by atoms with Crippen LogP contribution in [0.25, 0.3) is 22.6 Å². The minimum absolute atomic E-state index is 0.0188. The minimum atomic E-state index is -4.48. The number of alkyl halides is 3. The minimum Gasteiger partial charge on any atom is -0.353 e. The first kappa shape index (κ1) is 24.2. The molecule has 0 aliphatic carbocycles. The van der Waals surface area contributed by atoms with Crippen molar-refractivity contribution in [2.24, 2.45) is 0 Å². The van der Waals surface area contributed by atoms with E-state index in [1.807, 2.05) is 0 Å². The van der Waals surface area contributed by atoms with Gasteiger partial charge < -0.3 is 20.1 Å². The Balaban J connectivity index is 1.31. The number of pyridine rings is 1. The van der Waals surface area contributed by atoms with Gasteiger partial charge in [-0.05, 0) is 37.3 Å². The number of nitrogens with zero attached hydrogens (tertiary/aromatic N) is 5. The third kappa shape index (κ3) is 5.07. The van der Waals surface area contributed by atoms with Crippen LogP contribution < -0.4 is 10.6 Å². The van der Waals surface area contributed by atoms with Crippen LogP contribution in [0.1, 0.15) is 34.7 Å². The number of aromatic nitrogens is 6. The van der Waals surface area contributed by atoms with E-state index in [4.69, 9.17) is 16.1 Å². The quantitative estimate of drug-likeness (QED) is 0.270. The Bertz CT molecular complexity index is 1590. The number of hydrogen-bond donors (Lipinski definition) is 3. The van der Waals surface area contributed by atoms with Crippen molar-refractivity contribution in [3.8, 4) is 11.6 Å². The third-order valence-corrected chi connectivity index (χ3v) is 5.67. The summed E-state index contributed by atoms with van der Waals surface area (Å²) in [6.07, 6.45) is -0.0993. The molecule has 3 N–H and O–H groups in total. The lowest BCUT2D eigenvalue weighted by molar-refractivity contribution is -0.137. The molecule has 14 heteroatoms. The first-order chi connectivity index (χ1) is 17.7. The van der Waals surface area contributed by atoms with Crippen LogP contribution in [0.2, 0.25) is 5.02 Å². The number of imidazole rings is 1. The summed E-state index contributed by atoms with van der Waals surface area (Å²) in [7, 11) is 0. The van der Waals surface area contributed by atoms with Gasteiger partial charge in [0, 0.05) is 24.1 Å². The van der Waals surface area contributed by atoms with Crippen molar-refractivity contribution < 1.29 is 22.5 Å². The second kappa shape index (κ2) is 9.50. The van der Waals surface area contributed by atoms with Crippen molar-refractivity contribution >= 4 is 40.0 Å². The predicted octanol–water partition coefficient (Wildman–Crippen LogP) is 5.31. The molecule has 0 aliphatic rings. The van der Waals surface area contributed by atoms with E-state index in [1.165, 1.54) is 18.5 Å². The average Bonchev–Trinajstić information content (AvgIpc) is 3.52. The van der Waals surface area contributed by atoms with Gasteiger partial charge in [-0.15, -0.1) is 0 Å². The van der Waals surface area contributed by atoms with Crippen LogP contribution in [0.15, 0.2) is 59.6 Å². The number of halogens is 4. The fourth-order valence-electron chi connectivity index (χ4n) is 3.43. The highest BCUT2D eigenvalue weighted by Crippen LogP contribution is 2.32. The van der Waals surface area contributed by atoms with Gasteiger partial charge >= 0.3 is 6.18 Å². The Hall–Kier alpha value is -4.52. The standard InChI is InChI=1S/C23H16ClF3N8O2/c1-11(31-22(36)19-18(24)21(30-10-29-19)32-13-4-6-28-7-5-13)15-9-17(37-35-15)20-33-14-3-2-12(23(25,26)27)8-16(14)34-20/h2-11H,1H3,(H,31,36)(H,33,34)(H,28,29,30,32)/t11-/m1/s1. The van der Waals surface area contributed by atoms with Crippen LogP contribution in [0, 0.1) is 0 Å². The first-order valence-corrected chi connectivity index (χ1v) is 11.1. The highest BCUT2D eigenvalue weighted by Gasteiger charge is 2.31. The number of anilines is 2. The molecule has 0 saturated carbocycles. The SMILES string of the molecule is C[C@@H](NC(=O)c1ncnc(Nc2ccncc2)c1Cl)c1cc(-c2nc3ccc(C(F)(F)F)cc3[nH]2)on1. The van der Waals surface area contributed by atoms with Gasteiger partial charge in [-0.2, -0.15) is 13.2 Å². The lowest BCUT2D eigenvalue weighted by Gasteiger charge is -2.13. The summed E-state index contributed by atoms with van der Waals surface area (Å²) in [6.45, 7) is 1.67. The van der Waals surface area contributed by atoms with Gasteiger partial charge in [0.25, 0.3) is 5.91 Å². The molecule has 0 saturated heterocycles. The van der Waals surface area contributed by atoms with Gasteiger partial charge in [0.05, 0.1) is 22.6 Å². The van der Waals surface area contributed by atoms with Gasteiger partial charge in [-0.3, -0.25) is 9.78 Å². The zero-order valence-corrected chi connectivity index (χ0v) is 19.6. The van der Waals surface area contributed by atoms with Gasteiger partial charge in [0.2, 0.25) is 5.76 Å². The van der Waals surface area contributed by atoms with Crippen LogP contribution >= 0.6 is 11.6 Å². The second-order valence-corrected chi connectivity index (χ2v) is 8.25. The van der Waals surface area contributed by atoms with E-state index in [9.17, 15) is 18.0 Å². The Kier molecular flexibility index (Phi) is 6.21. The molecule has 5 aromatic rings. The van der Waals surface area contributed by atoms with Gasteiger partial charge in [-0.25, -0.2) is 15.0 Å². The first-order valence-electron chi connectivity index (χ1n) is 10.7. The molecule has 0 bridgehead atoms. The Morgan fingerprint density at radius 2 is 1.92 bits per heavy atom. The fourth-order valence-corrected chi connectivity index (χ4v) is 3.66. The van der Waals surface area contributed by atoms with E-state index in [0.717, 1.165) is 12.1 Å². The molecule has 4 aromatic heterocycles. The van der Waals surface area contributed by atoms with Gasteiger partial charge in [0.15, 0.2) is 17.3 Å². The number of amides is 1. The van der Waals surface area contributed by atoms with Crippen LogP contribution in [0.5, 0.6) is 0 Å². The topological polar surface area (TPSA) is 135 Å². The molecular weight excluding hydrogens is 513 g/mol. The molecule has 1 amide bonds. The molecule has 4 heterocycles. The number of H-pyrrole nitrogens is 1. The van der Waals surface area contributed by atoms with E-state index in [2.05, 4.69) is 40.7 Å².